The van der Waals surface area contributed by atoms with Crippen molar-refractivity contribution < 1.29 is 4.79 Å². The van der Waals surface area contributed by atoms with Crippen LogP contribution in [0, 0.1) is 33.6 Å². The van der Waals surface area contributed by atoms with Crippen molar-refractivity contribution in [3.05, 3.63) is 53.1 Å². The summed E-state index contributed by atoms with van der Waals surface area (Å²) in [4.78, 5) is 15.5. The number of hydrogen-bond donors (Lipinski definition) is 0. The second-order valence-corrected chi connectivity index (χ2v) is 6.62. The summed E-state index contributed by atoms with van der Waals surface area (Å²) in [7, 11) is 0. The summed E-state index contributed by atoms with van der Waals surface area (Å²) >= 11 is 0. The Morgan fingerprint density at radius 2 is 1.64 bits per heavy atom. The first-order chi connectivity index (χ1) is 10.2. The van der Waals surface area contributed by atoms with Gasteiger partial charge in [0.15, 0.2) is 5.78 Å². The fourth-order valence-corrected chi connectivity index (χ4v) is 3.61. The number of fused-ring (bicyclic) bond motifs is 1. The molecule has 0 radical (unpaired) electrons. The SMILES string of the molecule is C=CCN1c2c(C)c(C)c(C)c(C)c2C(=O)C1(C)C(C)C=C. The van der Waals surface area contributed by atoms with Crippen molar-refractivity contribution in [3.8, 4) is 0 Å². The summed E-state index contributed by atoms with van der Waals surface area (Å²) in [6.07, 6.45) is 3.75. The number of benzene rings is 1. The number of rotatable bonds is 4. The average Bonchev–Trinajstić information content (AvgIpc) is 2.73. The molecule has 1 aromatic rings. The fraction of sp³-hybridized carbons (Fsp3) is 0.450. The molecule has 0 saturated carbocycles. The molecule has 2 nitrogen and oxygen atoms in total. The van der Waals surface area contributed by atoms with Crippen LogP contribution in [-0.4, -0.2) is 17.9 Å². The van der Waals surface area contributed by atoms with Gasteiger partial charge < -0.3 is 4.90 Å². The summed E-state index contributed by atoms with van der Waals surface area (Å²) < 4.78 is 0. The second-order valence-electron chi connectivity index (χ2n) is 6.62. The highest BCUT2D eigenvalue weighted by Gasteiger charge is 2.51. The monoisotopic (exact) mass is 297 g/mol. The molecule has 1 heterocycles. The maximum atomic E-state index is 13.3. The number of hydrogen-bond acceptors (Lipinski definition) is 2. The molecule has 2 unspecified atom stereocenters. The third kappa shape index (κ3) is 1.89. The summed E-state index contributed by atoms with van der Waals surface area (Å²) in [6.45, 7) is 21.0. The molecule has 118 valence electrons. The maximum absolute atomic E-state index is 13.3. The first-order valence-corrected chi connectivity index (χ1v) is 7.89. The van der Waals surface area contributed by atoms with E-state index in [1.165, 1.54) is 16.7 Å². The van der Waals surface area contributed by atoms with E-state index in [1.54, 1.807) is 0 Å². The largest absolute Gasteiger partial charge is 0.354 e. The highest BCUT2D eigenvalue weighted by atomic mass is 16.1. The van der Waals surface area contributed by atoms with E-state index in [0.29, 0.717) is 6.54 Å². The zero-order valence-corrected chi connectivity index (χ0v) is 14.7. The van der Waals surface area contributed by atoms with Crippen molar-refractivity contribution in [2.45, 2.75) is 47.1 Å². The van der Waals surface area contributed by atoms with Crippen LogP contribution in [0.15, 0.2) is 25.3 Å². The van der Waals surface area contributed by atoms with Crippen molar-refractivity contribution in [2.75, 3.05) is 11.4 Å². The van der Waals surface area contributed by atoms with Gasteiger partial charge in [-0.15, -0.1) is 13.2 Å². The van der Waals surface area contributed by atoms with Gasteiger partial charge in [0.2, 0.25) is 0 Å². The zero-order valence-electron chi connectivity index (χ0n) is 14.7. The van der Waals surface area contributed by atoms with Gasteiger partial charge in [-0.05, 0) is 56.9 Å². The van der Waals surface area contributed by atoms with Crippen LogP contribution < -0.4 is 4.90 Å². The van der Waals surface area contributed by atoms with E-state index in [2.05, 4.69) is 52.7 Å². The van der Waals surface area contributed by atoms with Crippen molar-refractivity contribution in [1.82, 2.24) is 0 Å². The van der Waals surface area contributed by atoms with Crippen LogP contribution in [0.4, 0.5) is 5.69 Å². The molecule has 1 aromatic carbocycles. The molecule has 0 bridgehead atoms. The Balaban J connectivity index is 2.86. The number of ketones is 1. The molecule has 0 N–H and O–H groups in total. The molecule has 0 aliphatic carbocycles. The Morgan fingerprint density at radius 3 is 2.14 bits per heavy atom. The molecular formula is C20H27NO. The predicted octanol–water partition coefficient (Wildman–Crippen LogP) is 4.69. The minimum atomic E-state index is -0.589. The first-order valence-electron chi connectivity index (χ1n) is 7.89. The van der Waals surface area contributed by atoms with Gasteiger partial charge in [0.25, 0.3) is 0 Å². The molecule has 0 aromatic heterocycles. The predicted molar refractivity (Wildman–Crippen MR) is 95.0 cm³/mol. The summed E-state index contributed by atoms with van der Waals surface area (Å²) in [5.41, 5.74) is 6.19. The van der Waals surface area contributed by atoms with E-state index >= 15 is 0 Å². The molecule has 0 spiro atoms. The fourth-order valence-electron chi connectivity index (χ4n) is 3.61. The van der Waals surface area contributed by atoms with Gasteiger partial charge in [0.1, 0.15) is 5.54 Å². The molecule has 0 amide bonds. The Morgan fingerprint density at radius 1 is 1.09 bits per heavy atom. The molecule has 0 saturated heterocycles. The van der Waals surface area contributed by atoms with E-state index in [1.807, 2.05) is 19.1 Å². The number of nitrogens with zero attached hydrogens (tertiary/aromatic N) is 1. The van der Waals surface area contributed by atoms with Gasteiger partial charge in [-0.3, -0.25) is 4.79 Å². The summed E-state index contributed by atoms with van der Waals surface area (Å²) in [6, 6.07) is 0. The Bertz CT molecular complexity index is 671. The Hall–Kier alpha value is -1.83. The van der Waals surface area contributed by atoms with E-state index < -0.39 is 5.54 Å². The molecular weight excluding hydrogens is 270 g/mol. The van der Waals surface area contributed by atoms with E-state index in [-0.39, 0.29) is 11.7 Å². The zero-order chi connectivity index (χ0) is 16.8. The van der Waals surface area contributed by atoms with Gasteiger partial charge in [0, 0.05) is 18.0 Å². The summed E-state index contributed by atoms with van der Waals surface area (Å²) in [5, 5.41) is 0. The first kappa shape index (κ1) is 16.5. The van der Waals surface area contributed by atoms with Crippen LogP contribution in [0.5, 0.6) is 0 Å². The molecule has 22 heavy (non-hydrogen) atoms. The normalized spacial score (nSPS) is 21.7. The Labute approximate surface area is 134 Å². The van der Waals surface area contributed by atoms with Gasteiger partial charge in [-0.1, -0.05) is 19.1 Å². The van der Waals surface area contributed by atoms with E-state index in [0.717, 1.165) is 16.8 Å². The van der Waals surface area contributed by atoms with Crippen LogP contribution in [0.25, 0.3) is 0 Å². The van der Waals surface area contributed by atoms with Gasteiger partial charge in [-0.2, -0.15) is 0 Å². The molecule has 1 aliphatic heterocycles. The van der Waals surface area contributed by atoms with Crippen LogP contribution >= 0.6 is 0 Å². The lowest BCUT2D eigenvalue weighted by molar-refractivity contribution is 0.0885. The quantitative estimate of drug-likeness (QED) is 0.751. The minimum Gasteiger partial charge on any atom is -0.354 e. The van der Waals surface area contributed by atoms with Crippen molar-refractivity contribution >= 4 is 11.5 Å². The lowest BCUT2D eigenvalue weighted by Crippen LogP contribution is -2.52. The number of carbonyl (C=O) groups excluding carboxylic acids is 1. The third-order valence-corrected chi connectivity index (χ3v) is 5.72. The maximum Gasteiger partial charge on any atom is 0.191 e. The van der Waals surface area contributed by atoms with Gasteiger partial charge in [-0.25, -0.2) is 0 Å². The van der Waals surface area contributed by atoms with E-state index in [9.17, 15) is 4.79 Å². The highest BCUT2D eigenvalue weighted by molar-refractivity contribution is 6.16. The molecule has 2 rings (SSSR count). The number of anilines is 1. The Kier molecular flexibility index (Phi) is 4.08. The minimum absolute atomic E-state index is 0.0618. The molecule has 2 atom stereocenters. The number of carbonyl (C=O) groups is 1. The van der Waals surface area contributed by atoms with E-state index in [4.69, 9.17) is 0 Å². The topological polar surface area (TPSA) is 20.3 Å². The highest BCUT2D eigenvalue weighted by Crippen LogP contribution is 2.47. The standard InChI is InChI=1S/C20H27NO/c1-9-11-21-18-16(7)14(5)13(4)15(6)17(18)19(22)20(21,8)12(3)10-2/h9-10,12H,1-2,11H2,3-8H3. The van der Waals surface area contributed by atoms with Crippen LogP contribution in [0.3, 0.4) is 0 Å². The molecule has 1 aliphatic rings. The van der Waals surface area contributed by atoms with Crippen molar-refractivity contribution in [1.29, 1.82) is 0 Å². The second kappa shape index (κ2) is 5.42. The van der Waals surface area contributed by atoms with Crippen molar-refractivity contribution in [2.24, 2.45) is 5.92 Å². The van der Waals surface area contributed by atoms with Crippen LogP contribution in [0.2, 0.25) is 0 Å². The lowest BCUT2D eigenvalue weighted by atomic mass is 9.81. The third-order valence-electron chi connectivity index (χ3n) is 5.72. The molecule has 2 heteroatoms. The lowest BCUT2D eigenvalue weighted by Gasteiger charge is -2.39. The van der Waals surface area contributed by atoms with Crippen LogP contribution in [-0.2, 0) is 0 Å². The average molecular weight is 297 g/mol. The van der Waals surface area contributed by atoms with Gasteiger partial charge in [0.05, 0.1) is 5.69 Å². The van der Waals surface area contributed by atoms with Crippen LogP contribution in [0.1, 0.15) is 46.5 Å². The summed E-state index contributed by atoms with van der Waals surface area (Å²) in [5.74, 6) is 0.271. The number of Topliss-reactive ketones (excluding diaryl/α,β-unsaturated/α-hetero) is 1. The van der Waals surface area contributed by atoms with Gasteiger partial charge >= 0.3 is 0 Å². The smallest absolute Gasteiger partial charge is 0.191 e. The van der Waals surface area contributed by atoms with Crippen molar-refractivity contribution in [3.63, 3.8) is 0 Å². The molecule has 0 fully saturated rings.